The van der Waals surface area contributed by atoms with Gasteiger partial charge < -0.3 is 21.5 Å². The summed E-state index contributed by atoms with van der Waals surface area (Å²) in [6.07, 6.45) is 5.35. The number of nitrogens with one attached hydrogen (secondary N) is 2. The van der Waals surface area contributed by atoms with Crippen LogP contribution in [0, 0.1) is 5.82 Å². The van der Waals surface area contributed by atoms with Gasteiger partial charge in [0.2, 0.25) is 0 Å². The molecule has 0 atom stereocenters. The number of imidazole rings is 1. The number of nitrogens with two attached hydrogens (primary N) is 1. The van der Waals surface area contributed by atoms with E-state index in [1.54, 1.807) is 10.7 Å². The fourth-order valence-electron chi connectivity index (χ4n) is 3.50. The number of carbonyl (C=O) groups is 1. The molecular formula is C18H20FN7O2. The van der Waals surface area contributed by atoms with Gasteiger partial charge in [-0.25, -0.2) is 23.7 Å². The minimum atomic E-state index is -0.982. The van der Waals surface area contributed by atoms with Gasteiger partial charge in [0, 0.05) is 23.8 Å². The summed E-state index contributed by atoms with van der Waals surface area (Å²) in [6.45, 7) is 0. The van der Waals surface area contributed by atoms with Gasteiger partial charge in [-0.05, 0) is 43.9 Å². The first-order valence-electron chi connectivity index (χ1n) is 9.02. The molecule has 1 saturated carbocycles. The Bertz CT molecular complexity index is 1010. The van der Waals surface area contributed by atoms with Crippen molar-refractivity contribution in [3.05, 3.63) is 36.4 Å². The maximum atomic E-state index is 13.8. The standard InChI is InChI=1S/C18H20FN7O2/c19-13-7-10(8-22-17(13)20)14-9-21-16-6-5-15(25-26(14)16)23-11-1-3-12(4-2-11)24-18(27)28/h5-9,11-12,24H,1-4H2,(H2,20,22)(H,23,25)(H,27,28). The topological polar surface area (TPSA) is 130 Å². The van der Waals surface area contributed by atoms with E-state index in [0.717, 1.165) is 25.7 Å². The van der Waals surface area contributed by atoms with Crippen molar-refractivity contribution in [3.63, 3.8) is 0 Å². The summed E-state index contributed by atoms with van der Waals surface area (Å²) in [4.78, 5) is 18.9. The largest absolute Gasteiger partial charge is 0.465 e. The van der Waals surface area contributed by atoms with Crippen LogP contribution in [0.25, 0.3) is 16.9 Å². The lowest BCUT2D eigenvalue weighted by atomic mass is 9.91. The monoisotopic (exact) mass is 385 g/mol. The van der Waals surface area contributed by atoms with E-state index < -0.39 is 11.9 Å². The minimum Gasteiger partial charge on any atom is -0.465 e. The number of aromatic nitrogens is 4. The van der Waals surface area contributed by atoms with Gasteiger partial charge in [0.15, 0.2) is 17.3 Å². The van der Waals surface area contributed by atoms with Gasteiger partial charge in [-0.15, -0.1) is 5.10 Å². The molecule has 0 saturated heterocycles. The first-order valence-corrected chi connectivity index (χ1v) is 9.02. The van der Waals surface area contributed by atoms with Crippen LogP contribution in [0.1, 0.15) is 25.7 Å². The molecular weight excluding hydrogens is 365 g/mol. The third kappa shape index (κ3) is 3.66. The Morgan fingerprint density at radius 2 is 1.93 bits per heavy atom. The van der Waals surface area contributed by atoms with Crippen molar-refractivity contribution in [2.24, 2.45) is 0 Å². The number of anilines is 2. The molecule has 0 radical (unpaired) electrons. The quantitative estimate of drug-likeness (QED) is 0.543. The average Bonchev–Trinajstić information content (AvgIpc) is 3.08. The second kappa shape index (κ2) is 7.29. The van der Waals surface area contributed by atoms with Gasteiger partial charge >= 0.3 is 6.09 Å². The molecule has 3 aromatic heterocycles. The molecule has 0 unspecified atom stereocenters. The number of hydrogen-bond donors (Lipinski definition) is 4. The summed E-state index contributed by atoms with van der Waals surface area (Å²) in [5.74, 6) is -0.0698. The van der Waals surface area contributed by atoms with Crippen molar-refractivity contribution < 1.29 is 14.3 Å². The van der Waals surface area contributed by atoms with E-state index in [-0.39, 0.29) is 17.9 Å². The third-order valence-electron chi connectivity index (χ3n) is 4.93. The van der Waals surface area contributed by atoms with Gasteiger partial charge in [0.1, 0.15) is 5.82 Å². The average molecular weight is 385 g/mol. The lowest BCUT2D eigenvalue weighted by Gasteiger charge is -2.29. The zero-order chi connectivity index (χ0) is 19.7. The number of halogens is 1. The third-order valence-corrected chi connectivity index (χ3v) is 4.93. The summed E-state index contributed by atoms with van der Waals surface area (Å²) in [6, 6.07) is 5.19. The van der Waals surface area contributed by atoms with Gasteiger partial charge in [-0.2, -0.15) is 0 Å². The first kappa shape index (κ1) is 18.0. The molecule has 1 aliphatic carbocycles. The summed E-state index contributed by atoms with van der Waals surface area (Å²) < 4.78 is 15.4. The van der Waals surface area contributed by atoms with Gasteiger partial charge in [-0.1, -0.05) is 0 Å². The van der Waals surface area contributed by atoms with Crippen LogP contribution in [0.2, 0.25) is 0 Å². The highest BCUT2D eigenvalue weighted by atomic mass is 19.1. The van der Waals surface area contributed by atoms with E-state index in [2.05, 4.69) is 25.7 Å². The van der Waals surface area contributed by atoms with Crippen molar-refractivity contribution in [3.8, 4) is 11.3 Å². The smallest absolute Gasteiger partial charge is 0.404 e. The molecule has 0 aliphatic heterocycles. The van der Waals surface area contributed by atoms with Crippen LogP contribution >= 0.6 is 0 Å². The van der Waals surface area contributed by atoms with E-state index in [0.29, 0.717) is 22.7 Å². The Kier molecular flexibility index (Phi) is 4.68. The number of rotatable bonds is 4. The molecule has 1 aliphatic rings. The number of carboxylic acid groups (broad SMARTS) is 1. The van der Waals surface area contributed by atoms with E-state index in [1.807, 2.05) is 12.1 Å². The predicted octanol–water partition coefficient (Wildman–Crippen LogP) is 2.50. The molecule has 10 heteroatoms. The predicted molar refractivity (Wildman–Crippen MR) is 101 cm³/mol. The Morgan fingerprint density at radius 1 is 1.18 bits per heavy atom. The Morgan fingerprint density at radius 3 is 2.64 bits per heavy atom. The minimum absolute atomic E-state index is 0.000783. The number of hydrogen-bond acceptors (Lipinski definition) is 6. The number of nitrogen functional groups attached to an aromatic ring is 1. The first-order chi connectivity index (χ1) is 13.5. The summed E-state index contributed by atoms with van der Waals surface area (Å²) in [7, 11) is 0. The fourth-order valence-corrected chi connectivity index (χ4v) is 3.50. The molecule has 0 aromatic carbocycles. The molecule has 146 valence electrons. The molecule has 1 fully saturated rings. The Labute approximate surface area is 159 Å². The van der Waals surface area contributed by atoms with Crippen LogP contribution in [0.5, 0.6) is 0 Å². The van der Waals surface area contributed by atoms with Crippen LogP contribution in [-0.2, 0) is 0 Å². The maximum Gasteiger partial charge on any atom is 0.404 e. The van der Waals surface area contributed by atoms with Gasteiger partial charge in [-0.3, -0.25) is 0 Å². The zero-order valence-electron chi connectivity index (χ0n) is 15.0. The van der Waals surface area contributed by atoms with Crippen molar-refractivity contribution >= 4 is 23.4 Å². The molecule has 3 heterocycles. The lowest BCUT2D eigenvalue weighted by Crippen LogP contribution is -2.39. The normalized spacial score (nSPS) is 19.5. The molecule has 3 aromatic rings. The maximum absolute atomic E-state index is 13.8. The molecule has 9 nitrogen and oxygen atoms in total. The van der Waals surface area contributed by atoms with Crippen molar-refractivity contribution in [2.45, 2.75) is 37.8 Å². The Hall–Kier alpha value is -3.43. The highest BCUT2D eigenvalue weighted by Crippen LogP contribution is 2.24. The molecule has 0 spiro atoms. The van der Waals surface area contributed by atoms with Crippen LogP contribution < -0.4 is 16.4 Å². The highest BCUT2D eigenvalue weighted by Gasteiger charge is 2.22. The van der Waals surface area contributed by atoms with Crippen molar-refractivity contribution in [1.82, 2.24) is 24.9 Å². The summed E-state index contributed by atoms with van der Waals surface area (Å²) >= 11 is 0. The van der Waals surface area contributed by atoms with Crippen molar-refractivity contribution in [2.75, 3.05) is 11.1 Å². The second-order valence-electron chi connectivity index (χ2n) is 6.87. The van der Waals surface area contributed by atoms with E-state index in [1.165, 1.54) is 12.3 Å². The molecule has 0 bridgehead atoms. The van der Waals surface area contributed by atoms with E-state index in [9.17, 15) is 9.18 Å². The fraction of sp³-hybridized carbons (Fsp3) is 0.333. The van der Waals surface area contributed by atoms with Crippen LogP contribution in [-0.4, -0.2) is 42.9 Å². The van der Waals surface area contributed by atoms with Gasteiger partial charge in [0.05, 0.1) is 11.9 Å². The number of fused-ring (bicyclic) bond motifs is 1. The summed E-state index contributed by atoms with van der Waals surface area (Å²) in [5.41, 5.74) is 7.22. The van der Waals surface area contributed by atoms with E-state index in [4.69, 9.17) is 10.8 Å². The molecule has 1 amide bonds. The zero-order valence-corrected chi connectivity index (χ0v) is 15.0. The van der Waals surface area contributed by atoms with E-state index >= 15 is 0 Å². The van der Waals surface area contributed by atoms with Gasteiger partial charge in [0.25, 0.3) is 0 Å². The summed E-state index contributed by atoms with van der Waals surface area (Å²) in [5, 5.41) is 19.3. The van der Waals surface area contributed by atoms with Crippen LogP contribution in [0.3, 0.4) is 0 Å². The second-order valence-corrected chi connectivity index (χ2v) is 6.87. The van der Waals surface area contributed by atoms with Crippen LogP contribution in [0.15, 0.2) is 30.6 Å². The highest BCUT2D eigenvalue weighted by molar-refractivity contribution is 5.65. The number of amides is 1. The number of nitrogens with zero attached hydrogens (tertiary/aromatic N) is 4. The molecule has 4 rings (SSSR count). The lowest BCUT2D eigenvalue weighted by molar-refractivity contribution is 0.185. The van der Waals surface area contributed by atoms with Crippen LogP contribution in [0.4, 0.5) is 20.8 Å². The molecule has 5 N–H and O–H groups in total. The number of pyridine rings is 1. The Balaban J connectivity index is 1.52. The molecule has 28 heavy (non-hydrogen) atoms. The SMILES string of the molecule is Nc1ncc(-c2cnc3ccc(NC4CCC(NC(=O)O)CC4)nn23)cc1F. The van der Waals surface area contributed by atoms with Crippen molar-refractivity contribution in [1.29, 1.82) is 0 Å².